The molecule has 2 aliphatic rings. The number of methoxy groups -OCH3 is 4. The number of fused-ring (bicyclic) bond motifs is 6. The predicted octanol–water partition coefficient (Wildman–Crippen LogP) is 4.74. The summed E-state index contributed by atoms with van der Waals surface area (Å²) in [7, 11) is 6.31. The molecule has 0 radical (unpaired) electrons. The van der Waals surface area contributed by atoms with Gasteiger partial charge in [0.15, 0.2) is 11.5 Å². The Labute approximate surface area is 273 Å². The van der Waals surface area contributed by atoms with Gasteiger partial charge < -0.3 is 39.5 Å². The first-order valence-electron chi connectivity index (χ1n) is 15.7. The van der Waals surface area contributed by atoms with Crippen LogP contribution < -0.4 is 35.0 Å². The molecule has 1 aromatic heterocycles. The van der Waals surface area contributed by atoms with Crippen molar-refractivity contribution >= 4 is 28.4 Å². The number of nitrogens with zero attached hydrogens (tertiary/aromatic N) is 1. The number of carbonyl (C=O) groups excluding carboxylic acids is 2. The zero-order chi connectivity index (χ0) is 33.4. The first kappa shape index (κ1) is 31.8. The highest BCUT2D eigenvalue weighted by Gasteiger charge is 2.31. The van der Waals surface area contributed by atoms with Gasteiger partial charge in [0.1, 0.15) is 11.8 Å². The highest BCUT2D eigenvalue weighted by Crippen LogP contribution is 2.50. The van der Waals surface area contributed by atoms with Crippen LogP contribution in [0.3, 0.4) is 0 Å². The molecule has 2 amide bonds. The maximum absolute atomic E-state index is 13.8. The van der Waals surface area contributed by atoms with Crippen LogP contribution in [0.2, 0.25) is 0 Å². The van der Waals surface area contributed by atoms with E-state index in [1.807, 2.05) is 35.2 Å². The fraction of sp³-hybridized carbons (Fsp3) is 0.361. The number of carbonyl (C=O) groups is 2. The Morgan fingerprint density at radius 2 is 1.74 bits per heavy atom. The van der Waals surface area contributed by atoms with Gasteiger partial charge in [-0.05, 0) is 72.9 Å². The molecule has 0 bridgehead atoms. The molecule has 4 aromatic rings. The van der Waals surface area contributed by atoms with Crippen molar-refractivity contribution in [2.45, 2.75) is 51.7 Å². The van der Waals surface area contributed by atoms with Gasteiger partial charge in [0.25, 0.3) is 0 Å². The van der Waals surface area contributed by atoms with Gasteiger partial charge in [-0.3, -0.25) is 14.4 Å². The number of hydrogen-bond donors (Lipinski definition) is 3. The van der Waals surface area contributed by atoms with Crippen LogP contribution in [0.5, 0.6) is 23.0 Å². The van der Waals surface area contributed by atoms with Gasteiger partial charge >= 0.3 is 0 Å². The van der Waals surface area contributed by atoms with E-state index in [-0.39, 0.29) is 22.9 Å². The van der Waals surface area contributed by atoms with Crippen LogP contribution in [0.1, 0.15) is 48.7 Å². The molecule has 0 saturated carbocycles. The van der Waals surface area contributed by atoms with E-state index in [1.165, 1.54) is 6.92 Å². The van der Waals surface area contributed by atoms with Crippen LogP contribution in [-0.2, 0) is 29.0 Å². The smallest absolute Gasteiger partial charge is 0.245 e. The second-order valence-electron chi connectivity index (χ2n) is 12.0. The molecule has 11 heteroatoms. The van der Waals surface area contributed by atoms with Crippen LogP contribution in [0.15, 0.2) is 47.3 Å². The summed E-state index contributed by atoms with van der Waals surface area (Å²) in [6.45, 7) is 4.24. The van der Waals surface area contributed by atoms with E-state index in [0.717, 1.165) is 44.6 Å². The Kier molecular flexibility index (Phi) is 8.72. The highest BCUT2D eigenvalue weighted by atomic mass is 16.5. The third-order valence-corrected chi connectivity index (χ3v) is 9.15. The van der Waals surface area contributed by atoms with Crippen molar-refractivity contribution in [2.24, 2.45) is 0 Å². The lowest BCUT2D eigenvalue weighted by Crippen LogP contribution is -2.44. The van der Waals surface area contributed by atoms with Gasteiger partial charge in [0, 0.05) is 54.2 Å². The maximum Gasteiger partial charge on any atom is 0.245 e. The number of ether oxygens (including phenoxy) is 4. The number of aromatic amines is 1. The van der Waals surface area contributed by atoms with E-state index in [9.17, 15) is 14.4 Å². The molecule has 0 fully saturated rings. The van der Waals surface area contributed by atoms with Crippen molar-refractivity contribution in [3.05, 3.63) is 75.1 Å². The molecule has 2 heterocycles. The summed E-state index contributed by atoms with van der Waals surface area (Å²) in [6.07, 6.45) is 1.85. The Hall–Kier alpha value is -5.19. The fourth-order valence-corrected chi connectivity index (χ4v) is 6.90. The molecule has 47 heavy (non-hydrogen) atoms. The molecule has 2 unspecified atom stereocenters. The summed E-state index contributed by atoms with van der Waals surface area (Å²) in [6, 6.07) is 11.8. The number of nitrogens with one attached hydrogen (secondary N) is 3. The van der Waals surface area contributed by atoms with Crippen molar-refractivity contribution in [2.75, 3.05) is 40.3 Å². The first-order chi connectivity index (χ1) is 22.7. The summed E-state index contributed by atoms with van der Waals surface area (Å²) in [4.78, 5) is 45.2. The van der Waals surface area contributed by atoms with Crippen molar-refractivity contribution < 1.29 is 28.5 Å². The lowest BCUT2D eigenvalue weighted by Gasteiger charge is -2.30. The van der Waals surface area contributed by atoms with E-state index < -0.39 is 12.1 Å². The average Bonchev–Trinajstić information content (AvgIpc) is 3.28. The Balaban J connectivity index is 1.35. The van der Waals surface area contributed by atoms with Gasteiger partial charge in [0.05, 0.1) is 40.2 Å². The lowest BCUT2D eigenvalue weighted by atomic mass is 9.95. The third-order valence-electron chi connectivity index (χ3n) is 9.15. The molecule has 3 N–H and O–H groups in total. The normalized spacial score (nSPS) is 15.8. The zero-order valence-electron chi connectivity index (χ0n) is 27.5. The minimum Gasteiger partial charge on any atom is -0.497 e. The minimum atomic E-state index is -0.677. The first-order valence-corrected chi connectivity index (χ1v) is 15.7. The SMILES string of the molecule is COc1ccc2[nH]c3c(c2c1)CN(C(=O)C(C)Nc1ccc2c(cc1=O)C(NC(C)=O)CCc1cc(OC)c(OC)c(OC)c1-2)CC3. The number of benzene rings is 2. The van der Waals surface area contributed by atoms with Crippen LogP contribution in [0.4, 0.5) is 5.69 Å². The average molecular weight is 641 g/mol. The van der Waals surface area contributed by atoms with Crippen molar-refractivity contribution in [1.82, 2.24) is 15.2 Å². The van der Waals surface area contributed by atoms with Crippen molar-refractivity contribution in [1.29, 1.82) is 0 Å². The second kappa shape index (κ2) is 12.9. The van der Waals surface area contributed by atoms with Crippen molar-refractivity contribution in [3.63, 3.8) is 0 Å². The highest BCUT2D eigenvalue weighted by molar-refractivity contribution is 5.89. The molecule has 3 aromatic carbocycles. The molecule has 1 aliphatic heterocycles. The third kappa shape index (κ3) is 5.82. The van der Waals surface area contributed by atoms with Gasteiger partial charge in [-0.1, -0.05) is 6.07 Å². The van der Waals surface area contributed by atoms with Crippen LogP contribution >= 0.6 is 0 Å². The Bertz CT molecular complexity index is 1940. The van der Waals surface area contributed by atoms with Crippen molar-refractivity contribution in [3.8, 4) is 34.1 Å². The van der Waals surface area contributed by atoms with E-state index in [2.05, 4.69) is 15.6 Å². The van der Waals surface area contributed by atoms with E-state index in [1.54, 1.807) is 47.5 Å². The van der Waals surface area contributed by atoms with Gasteiger partial charge in [-0.2, -0.15) is 0 Å². The van der Waals surface area contributed by atoms with Crippen LogP contribution in [-0.4, -0.2) is 62.7 Å². The summed E-state index contributed by atoms with van der Waals surface area (Å²) < 4.78 is 22.6. The molecule has 0 saturated heterocycles. The Morgan fingerprint density at radius 3 is 2.45 bits per heavy atom. The maximum atomic E-state index is 13.8. The largest absolute Gasteiger partial charge is 0.497 e. The lowest BCUT2D eigenvalue weighted by molar-refractivity contribution is -0.132. The number of hydrogen-bond acceptors (Lipinski definition) is 8. The number of aryl methyl sites for hydroxylation is 1. The van der Waals surface area contributed by atoms with E-state index in [0.29, 0.717) is 55.2 Å². The molecule has 0 spiro atoms. The Morgan fingerprint density at radius 1 is 0.957 bits per heavy atom. The number of aromatic nitrogens is 1. The molecule has 2 atom stereocenters. The topological polar surface area (TPSA) is 131 Å². The molecule has 246 valence electrons. The summed E-state index contributed by atoms with van der Waals surface area (Å²) in [5.74, 6) is 1.88. The van der Waals surface area contributed by atoms with Gasteiger partial charge in [-0.15, -0.1) is 0 Å². The standard InChI is InChI=1S/C36H40N4O7/c1-19(36(43)40-14-13-29-26(18-40)24-16-22(44-3)8-11-28(24)39-29)37-30-12-9-23-25(17-31(30)42)27(38-20(2)41)10-7-21-15-32(45-4)34(46-5)35(47-6)33(21)23/h8-9,11-12,15-17,19,27,39H,7,10,13-14,18H2,1-6H3,(H,37,42)(H,38,41). The zero-order valence-corrected chi connectivity index (χ0v) is 27.5. The quantitative estimate of drug-likeness (QED) is 0.252. The summed E-state index contributed by atoms with van der Waals surface area (Å²) in [5.41, 5.74) is 6.25. The van der Waals surface area contributed by atoms with Gasteiger partial charge in [-0.25, -0.2) is 0 Å². The summed E-state index contributed by atoms with van der Waals surface area (Å²) >= 11 is 0. The van der Waals surface area contributed by atoms with Gasteiger partial charge in [0.2, 0.25) is 23.0 Å². The molecular weight excluding hydrogens is 600 g/mol. The fourth-order valence-electron chi connectivity index (χ4n) is 6.90. The molecule has 11 nitrogen and oxygen atoms in total. The molecule has 6 rings (SSSR count). The number of rotatable bonds is 8. The summed E-state index contributed by atoms with van der Waals surface area (Å²) in [5, 5.41) is 7.25. The van der Waals surface area contributed by atoms with Crippen LogP contribution in [0, 0.1) is 0 Å². The monoisotopic (exact) mass is 640 g/mol. The number of H-pyrrole nitrogens is 1. The van der Waals surface area contributed by atoms with Crippen LogP contribution in [0.25, 0.3) is 22.0 Å². The number of anilines is 1. The van der Waals surface area contributed by atoms with E-state index in [4.69, 9.17) is 18.9 Å². The molecular formula is C36H40N4O7. The predicted molar refractivity (Wildman–Crippen MR) is 180 cm³/mol. The minimum absolute atomic E-state index is 0.111. The van der Waals surface area contributed by atoms with E-state index >= 15 is 0 Å². The second-order valence-corrected chi connectivity index (χ2v) is 12.0. The number of amides is 2. The molecule has 1 aliphatic carbocycles.